The number of carbonyl (C=O) groups is 4. The lowest BCUT2D eigenvalue weighted by atomic mass is 9.99. The van der Waals surface area contributed by atoms with E-state index in [0.717, 1.165) is 120 Å². The molecule has 0 aliphatic carbocycles. The molecule has 0 aliphatic rings. The van der Waals surface area contributed by atoms with Crippen LogP contribution < -0.4 is 0 Å². The average Bonchev–Trinajstić information content (AvgIpc) is 2.29. The van der Waals surface area contributed by atoms with Gasteiger partial charge >= 0.3 is 39.5 Å². The van der Waals surface area contributed by atoms with Crippen LogP contribution in [0.25, 0.3) is 0 Å². The van der Waals surface area contributed by atoms with Crippen LogP contribution in [0.5, 0.6) is 0 Å². The van der Waals surface area contributed by atoms with Crippen molar-refractivity contribution in [3.05, 3.63) is 0 Å². The number of rotatable bonds is 73. The Morgan fingerprint density at radius 2 is 0.505 bits per heavy atom. The highest BCUT2D eigenvalue weighted by atomic mass is 31.2. The molecule has 0 heterocycles. The molecule has 3 N–H and O–H groups in total. The van der Waals surface area contributed by atoms with Crippen molar-refractivity contribution in [2.24, 2.45) is 23.7 Å². The molecule has 0 spiro atoms. The number of hydrogen-bond donors (Lipinski definition) is 3. The van der Waals surface area contributed by atoms with Gasteiger partial charge in [-0.2, -0.15) is 0 Å². The van der Waals surface area contributed by atoms with Gasteiger partial charge in [-0.3, -0.25) is 37.3 Å². The van der Waals surface area contributed by atoms with Crippen LogP contribution in [0.15, 0.2) is 0 Å². The lowest BCUT2D eigenvalue weighted by Crippen LogP contribution is -2.30. The van der Waals surface area contributed by atoms with E-state index < -0.39 is 97.5 Å². The standard InChI is InChI=1S/C76H148O17P2/c1-9-68(7)54-46-38-30-24-20-21-25-31-40-48-56-73(78)86-62-71(92-76(81)59-51-43-33-27-19-15-17-23-29-37-45-53-67(5)6)64-90-94(82,83)88-60-70(77)61-89-95(84,85)91-65-72(63-87-74(79)57-49-41-35-34-39-47-55-69(8)10-2)93-75(80)58-50-42-32-26-18-14-12-11-13-16-22-28-36-44-52-66(3)4/h66-72,77H,9-65H2,1-8H3,(H,82,83)(H,84,85)/t68?,69?,70-,71-,72-/m1/s1. The van der Waals surface area contributed by atoms with E-state index in [1.54, 1.807) is 0 Å². The van der Waals surface area contributed by atoms with Crippen molar-refractivity contribution in [1.29, 1.82) is 0 Å². The first-order valence-electron chi connectivity index (χ1n) is 39.3. The summed E-state index contributed by atoms with van der Waals surface area (Å²) in [6.07, 6.45) is 49.8. The zero-order valence-corrected chi connectivity index (χ0v) is 64.1. The van der Waals surface area contributed by atoms with Crippen LogP contribution in [-0.4, -0.2) is 96.7 Å². The molecular formula is C76H148O17P2. The van der Waals surface area contributed by atoms with E-state index in [0.29, 0.717) is 25.7 Å². The van der Waals surface area contributed by atoms with Gasteiger partial charge in [-0.15, -0.1) is 0 Å². The van der Waals surface area contributed by atoms with Crippen molar-refractivity contribution in [3.63, 3.8) is 0 Å². The molecule has 0 aromatic carbocycles. The van der Waals surface area contributed by atoms with E-state index in [9.17, 15) is 43.2 Å². The van der Waals surface area contributed by atoms with Crippen LogP contribution in [0.3, 0.4) is 0 Å². The average molecular weight is 1400 g/mol. The van der Waals surface area contributed by atoms with Gasteiger partial charge in [0.1, 0.15) is 19.3 Å². The molecule has 0 amide bonds. The molecule has 0 saturated carbocycles. The first-order valence-corrected chi connectivity index (χ1v) is 42.3. The Bertz CT molecular complexity index is 1870. The number of ether oxygens (including phenoxy) is 4. The SMILES string of the molecule is CCC(C)CCCCCCCCCCCCC(=O)OC[C@H](COP(=O)(O)OC[C@@H](O)COP(=O)(O)OC[C@@H](COC(=O)CCCCCCCCC(C)CC)OC(=O)CCCCCCCCCCCCCCCCC(C)C)OC(=O)CCCCCCCCCCCCCC(C)C. The number of unbranched alkanes of at least 4 members (excludes halogenated alkanes) is 37. The summed E-state index contributed by atoms with van der Waals surface area (Å²) in [5, 5.41) is 10.6. The third-order valence-corrected chi connectivity index (χ3v) is 20.2. The predicted octanol–water partition coefficient (Wildman–Crippen LogP) is 22.0. The largest absolute Gasteiger partial charge is 0.472 e. The zero-order chi connectivity index (χ0) is 70.3. The zero-order valence-electron chi connectivity index (χ0n) is 62.3. The molecule has 0 aromatic rings. The molecule has 0 aromatic heterocycles. The summed E-state index contributed by atoms with van der Waals surface area (Å²) in [6, 6.07) is 0. The third kappa shape index (κ3) is 67.6. The van der Waals surface area contributed by atoms with Crippen LogP contribution in [0.4, 0.5) is 0 Å². The molecule has 0 radical (unpaired) electrons. The Morgan fingerprint density at radius 1 is 0.295 bits per heavy atom. The van der Waals surface area contributed by atoms with Crippen molar-refractivity contribution in [3.8, 4) is 0 Å². The maximum absolute atomic E-state index is 13.1. The summed E-state index contributed by atoms with van der Waals surface area (Å²) in [4.78, 5) is 72.8. The molecule has 0 aliphatic heterocycles. The minimum Gasteiger partial charge on any atom is -0.462 e. The minimum absolute atomic E-state index is 0.106. The summed E-state index contributed by atoms with van der Waals surface area (Å²) in [5.74, 6) is 0.980. The van der Waals surface area contributed by atoms with Crippen molar-refractivity contribution in [2.75, 3.05) is 39.6 Å². The van der Waals surface area contributed by atoms with Crippen molar-refractivity contribution in [1.82, 2.24) is 0 Å². The maximum Gasteiger partial charge on any atom is 0.472 e. The Balaban J connectivity index is 5.26. The number of phosphoric ester groups is 2. The molecule has 0 rings (SSSR count). The first-order chi connectivity index (χ1) is 45.7. The van der Waals surface area contributed by atoms with Crippen LogP contribution in [-0.2, 0) is 65.4 Å². The molecule has 17 nitrogen and oxygen atoms in total. The number of hydrogen-bond acceptors (Lipinski definition) is 15. The Kier molecular flexibility index (Phi) is 64.0. The quantitative estimate of drug-likeness (QED) is 0.0222. The molecule has 7 atom stereocenters. The second-order valence-electron chi connectivity index (χ2n) is 28.8. The molecular weight excluding hydrogens is 1250 g/mol. The fourth-order valence-electron chi connectivity index (χ4n) is 11.5. The highest BCUT2D eigenvalue weighted by molar-refractivity contribution is 7.47. The van der Waals surface area contributed by atoms with Gasteiger partial charge in [0.25, 0.3) is 0 Å². The highest BCUT2D eigenvalue weighted by Gasteiger charge is 2.30. The molecule has 0 saturated heterocycles. The molecule has 4 unspecified atom stereocenters. The Hall–Kier alpha value is -1.94. The van der Waals surface area contributed by atoms with E-state index in [1.165, 1.54) is 180 Å². The van der Waals surface area contributed by atoms with E-state index in [-0.39, 0.29) is 25.7 Å². The summed E-state index contributed by atoms with van der Waals surface area (Å²) in [7, 11) is -9.91. The minimum atomic E-state index is -4.96. The Morgan fingerprint density at radius 3 is 0.747 bits per heavy atom. The number of aliphatic hydroxyl groups excluding tert-OH is 1. The lowest BCUT2D eigenvalue weighted by molar-refractivity contribution is -0.161. The van der Waals surface area contributed by atoms with Gasteiger partial charge in [0.2, 0.25) is 0 Å². The van der Waals surface area contributed by atoms with Crippen molar-refractivity contribution in [2.45, 2.75) is 401 Å². The number of phosphoric acid groups is 2. The van der Waals surface area contributed by atoms with Gasteiger partial charge in [-0.1, -0.05) is 331 Å². The molecule has 564 valence electrons. The van der Waals surface area contributed by atoms with Crippen molar-refractivity contribution < 1.29 is 80.2 Å². The monoisotopic (exact) mass is 1400 g/mol. The predicted molar refractivity (Wildman–Crippen MR) is 386 cm³/mol. The fraction of sp³-hybridized carbons (Fsp3) is 0.947. The van der Waals surface area contributed by atoms with Crippen LogP contribution >= 0.6 is 15.6 Å². The van der Waals surface area contributed by atoms with Gasteiger partial charge in [-0.05, 0) is 49.4 Å². The smallest absolute Gasteiger partial charge is 0.462 e. The van der Waals surface area contributed by atoms with Gasteiger partial charge in [-0.25, -0.2) is 9.13 Å². The topological polar surface area (TPSA) is 237 Å². The van der Waals surface area contributed by atoms with Gasteiger partial charge < -0.3 is 33.8 Å². The van der Waals surface area contributed by atoms with E-state index >= 15 is 0 Å². The third-order valence-electron chi connectivity index (χ3n) is 18.3. The van der Waals surface area contributed by atoms with Gasteiger partial charge in [0.05, 0.1) is 26.4 Å². The number of esters is 4. The summed E-state index contributed by atoms with van der Waals surface area (Å²) in [5.41, 5.74) is 0. The van der Waals surface area contributed by atoms with Crippen LogP contribution in [0, 0.1) is 23.7 Å². The van der Waals surface area contributed by atoms with E-state index in [4.69, 9.17) is 37.0 Å². The molecule has 95 heavy (non-hydrogen) atoms. The molecule has 0 fully saturated rings. The van der Waals surface area contributed by atoms with Crippen molar-refractivity contribution >= 4 is 39.5 Å². The van der Waals surface area contributed by atoms with E-state index in [1.807, 2.05) is 0 Å². The number of aliphatic hydroxyl groups is 1. The lowest BCUT2D eigenvalue weighted by Gasteiger charge is -2.21. The van der Waals surface area contributed by atoms with Gasteiger partial charge in [0, 0.05) is 25.7 Å². The summed E-state index contributed by atoms with van der Waals surface area (Å²) in [6.45, 7) is 14.2. The second kappa shape index (κ2) is 65.4. The highest BCUT2D eigenvalue weighted by Crippen LogP contribution is 2.45. The molecule has 19 heteroatoms. The van der Waals surface area contributed by atoms with Gasteiger partial charge in [0.15, 0.2) is 12.2 Å². The Labute approximate surface area is 581 Å². The maximum atomic E-state index is 13.1. The van der Waals surface area contributed by atoms with Crippen LogP contribution in [0.1, 0.15) is 383 Å². The number of carbonyl (C=O) groups excluding carboxylic acids is 4. The normalized spacial score (nSPS) is 14.7. The van der Waals surface area contributed by atoms with E-state index in [2.05, 4.69) is 55.4 Å². The summed E-state index contributed by atoms with van der Waals surface area (Å²) >= 11 is 0. The first kappa shape index (κ1) is 93.1. The second-order valence-corrected chi connectivity index (χ2v) is 31.7. The summed E-state index contributed by atoms with van der Waals surface area (Å²) < 4.78 is 68.5. The fourth-order valence-corrected chi connectivity index (χ4v) is 13.1. The molecule has 0 bridgehead atoms. The van der Waals surface area contributed by atoms with Crippen LogP contribution in [0.2, 0.25) is 0 Å².